The molecule has 0 amide bonds. The molecule has 4 rings (SSSR count). The topological polar surface area (TPSA) is 57.8 Å². The van der Waals surface area contributed by atoms with Crippen molar-refractivity contribution < 1.29 is 4.79 Å². The van der Waals surface area contributed by atoms with Crippen molar-refractivity contribution in [2.75, 3.05) is 16.3 Å². The Balaban J connectivity index is 1.75. The normalized spacial score (nSPS) is 13.2. The summed E-state index contributed by atoms with van der Waals surface area (Å²) in [5, 5.41) is 11.9. The molecule has 0 saturated heterocycles. The molecule has 0 fully saturated rings. The Morgan fingerprint density at radius 3 is 2.72 bits per heavy atom. The van der Waals surface area contributed by atoms with Crippen LogP contribution in [0.4, 0.5) is 5.69 Å². The van der Waals surface area contributed by atoms with E-state index in [1.807, 2.05) is 36.4 Å². The Morgan fingerprint density at radius 2 is 1.92 bits per heavy atom. The van der Waals surface area contributed by atoms with Gasteiger partial charge in [-0.1, -0.05) is 60.7 Å². The molecule has 0 saturated carbocycles. The van der Waals surface area contributed by atoms with Gasteiger partial charge in [-0.05, 0) is 24.0 Å². The number of anilines is 1. The highest BCUT2D eigenvalue weighted by Crippen LogP contribution is 2.40. The van der Waals surface area contributed by atoms with E-state index in [-0.39, 0.29) is 11.2 Å². The molecule has 0 bridgehead atoms. The summed E-state index contributed by atoms with van der Waals surface area (Å²) in [6.07, 6.45) is 1.05. The molecule has 128 valence electrons. The molecular weight excluding hydrogens is 425 g/mol. The van der Waals surface area contributed by atoms with E-state index in [0.717, 1.165) is 56.4 Å². The highest BCUT2D eigenvalue weighted by molar-refractivity contribution is 14.1. The van der Waals surface area contributed by atoms with Gasteiger partial charge >= 0.3 is 0 Å². The summed E-state index contributed by atoms with van der Waals surface area (Å²) in [5.41, 5.74) is 5.35. The molecule has 2 aromatic carbocycles. The lowest BCUT2D eigenvalue weighted by molar-refractivity contribution is 0.104. The summed E-state index contributed by atoms with van der Waals surface area (Å²) in [5.74, 6) is 0.0748. The first-order valence-corrected chi connectivity index (χ1v) is 9.99. The van der Waals surface area contributed by atoms with Crippen molar-refractivity contribution in [3.63, 3.8) is 0 Å². The minimum atomic E-state index is 0.0748. The first-order chi connectivity index (χ1) is 12.0. The molecule has 25 heavy (non-hydrogen) atoms. The summed E-state index contributed by atoms with van der Waals surface area (Å²) < 4.78 is 1.11. The number of rotatable bonds is 5. The number of H-pyrrole nitrogens is 1. The number of fused-ring (bicyclic) bond motifs is 2. The number of halogens is 1. The molecular formula is C20H20IN3O. The number of hydrogen-bond donors (Lipinski definition) is 2. The molecule has 0 spiro atoms. The zero-order valence-corrected chi connectivity index (χ0v) is 16.5. The number of nitrogens with zero attached hydrogens (tertiary/aromatic N) is 1. The van der Waals surface area contributed by atoms with E-state index in [2.05, 4.69) is 52.0 Å². The molecule has 0 atom stereocenters. The Bertz CT molecular complexity index is 974. The van der Waals surface area contributed by atoms with E-state index >= 15 is 0 Å². The van der Waals surface area contributed by atoms with Crippen LogP contribution in [0.1, 0.15) is 36.2 Å². The smallest absolute Gasteiger partial charge is 0.196 e. The number of benzene rings is 2. The van der Waals surface area contributed by atoms with Gasteiger partial charge in [0.05, 0.1) is 11.1 Å². The minimum absolute atomic E-state index is 0.0748. The van der Waals surface area contributed by atoms with E-state index in [1.54, 1.807) is 0 Å². The van der Waals surface area contributed by atoms with Gasteiger partial charge in [0.25, 0.3) is 0 Å². The molecule has 4 nitrogen and oxygen atoms in total. The van der Waals surface area contributed by atoms with E-state index in [1.165, 1.54) is 0 Å². The van der Waals surface area contributed by atoms with Crippen LogP contribution in [-0.4, -0.2) is 27.0 Å². The van der Waals surface area contributed by atoms with Crippen molar-refractivity contribution in [3.05, 3.63) is 47.5 Å². The van der Waals surface area contributed by atoms with Gasteiger partial charge in [-0.2, -0.15) is 5.10 Å². The minimum Gasteiger partial charge on any atom is -0.384 e. The fraction of sp³-hybridized carbons (Fsp3) is 0.300. The van der Waals surface area contributed by atoms with E-state index in [0.29, 0.717) is 0 Å². The summed E-state index contributed by atoms with van der Waals surface area (Å²) in [6.45, 7) is 5.38. The number of carbonyl (C=O) groups is 1. The van der Waals surface area contributed by atoms with Crippen LogP contribution in [0.25, 0.3) is 22.2 Å². The van der Waals surface area contributed by atoms with Crippen molar-refractivity contribution in [3.8, 4) is 11.3 Å². The van der Waals surface area contributed by atoms with Gasteiger partial charge in [-0.3, -0.25) is 9.89 Å². The second-order valence-electron chi connectivity index (χ2n) is 7.33. The third kappa shape index (κ3) is 2.74. The van der Waals surface area contributed by atoms with Crippen LogP contribution in [0.5, 0.6) is 0 Å². The maximum absolute atomic E-state index is 13.1. The Morgan fingerprint density at radius 1 is 1.16 bits per heavy atom. The molecule has 1 aliphatic rings. The Kier molecular flexibility index (Phi) is 4.06. The van der Waals surface area contributed by atoms with Gasteiger partial charge < -0.3 is 5.32 Å². The number of aromatic nitrogens is 2. The number of hydrogen-bond acceptors (Lipinski definition) is 3. The number of nitrogens with one attached hydrogen (secondary N) is 2. The van der Waals surface area contributed by atoms with E-state index in [9.17, 15) is 4.79 Å². The highest BCUT2D eigenvalue weighted by atomic mass is 127. The molecule has 0 radical (unpaired) electrons. The molecule has 1 heterocycles. The van der Waals surface area contributed by atoms with Gasteiger partial charge in [0, 0.05) is 33.2 Å². The van der Waals surface area contributed by atoms with Crippen molar-refractivity contribution in [1.82, 2.24) is 10.2 Å². The van der Waals surface area contributed by atoms with E-state index < -0.39 is 0 Å². The fourth-order valence-corrected chi connectivity index (χ4v) is 3.72. The SMILES string of the molecule is CC(C)(CI)CCNc1cccc2c1C(=O)c1cccc3[nH]nc-2c13. The van der Waals surface area contributed by atoms with Crippen LogP contribution in [0.2, 0.25) is 0 Å². The number of carbonyl (C=O) groups excluding carboxylic acids is 1. The number of alkyl halides is 1. The third-order valence-electron chi connectivity index (χ3n) is 4.86. The average molecular weight is 445 g/mol. The standard InChI is InChI=1S/C20H20IN3O/c1-20(2,11-21)9-10-22-14-7-3-5-12-17(14)19(25)13-6-4-8-15-16(13)18(12)24-23-15/h3-8,22H,9-11H2,1-2H3,(H,23,24). The molecule has 3 aromatic rings. The quantitative estimate of drug-likeness (QED) is 0.335. The summed E-state index contributed by atoms with van der Waals surface area (Å²) in [4.78, 5) is 13.1. The Hall–Kier alpha value is -1.89. The summed E-state index contributed by atoms with van der Waals surface area (Å²) in [6, 6.07) is 11.7. The van der Waals surface area contributed by atoms with Crippen LogP contribution >= 0.6 is 22.6 Å². The van der Waals surface area contributed by atoms with Gasteiger partial charge in [-0.25, -0.2) is 0 Å². The van der Waals surface area contributed by atoms with E-state index in [4.69, 9.17) is 0 Å². The maximum atomic E-state index is 13.1. The van der Waals surface area contributed by atoms with Crippen LogP contribution in [0.15, 0.2) is 36.4 Å². The first kappa shape index (κ1) is 16.6. The van der Waals surface area contributed by atoms with Crippen LogP contribution < -0.4 is 5.32 Å². The lowest BCUT2D eigenvalue weighted by Gasteiger charge is -2.23. The summed E-state index contributed by atoms with van der Waals surface area (Å²) >= 11 is 2.43. The third-order valence-corrected chi connectivity index (χ3v) is 6.92. The molecule has 2 N–H and O–H groups in total. The second kappa shape index (κ2) is 6.12. The van der Waals surface area contributed by atoms with Gasteiger partial charge in [-0.15, -0.1) is 0 Å². The fourth-order valence-electron chi connectivity index (χ4n) is 3.34. The number of ketones is 1. The maximum Gasteiger partial charge on any atom is 0.196 e. The number of aromatic amines is 1. The van der Waals surface area contributed by atoms with Crippen molar-refractivity contribution in [1.29, 1.82) is 0 Å². The predicted octanol–water partition coefficient (Wildman–Crippen LogP) is 5.04. The Labute approximate surface area is 160 Å². The van der Waals surface area contributed by atoms with Gasteiger partial charge in [0.2, 0.25) is 0 Å². The van der Waals surface area contributed by atoms with Crippen molar-refractivity contribution in [2.24, 2.45) is 5.41 Å². The van der Waals surface area contributed by atoms with Crippen molar-refractivity contribution in [2.45, 2.75) is 20.3 Å². The zero-order valence-electron chi connectivity index (χ0n) is 14.3. The molecule has 5 heteroatoms. The summed E-state index contributed by atoms with van der Waals surface area (Å²) in [7, 11) is 0. The molecule has 0 unspecified atom stereocenters. The van der Waals surface area contributed by atoms with Crippen molar-refractivity contribution >= 4 is 45.0 Å². The lowest BCUT2D eigenvalue weighted by Crippen LogP contribution is -2.19. The van der Waals surface area contributed by atoms with Crippen LogP contribution in [0, 0.1) is 5.41 Å². The first-order valence-electron chi connectivity index (χ1n) is 8.47. The van der Waals surface area contributed by atoms with Gasteiger partial charge in [0.15, 0.2) is 5.78 Å². The molecule has 0 aliphatic heterocycles. The average Bonchev–Trinajstić information content (AvgIpc) is 3.04. The highest BCUT2D eigenvalue weighted by Gasteiger charge is 2.29. The van der Waals surface area contributed by atoms with Gasteiger partial charge in [0.1, 0.15) is 5.69 Å². The predicted molar refractivity (Wildman–Crippen MR) is 111 cm³/mol. The van der Waals surface area contributed by atoms with Crippen LogP contribution in [-0.2, 0) is 0 Å². The zero-order chi connectivity index (χ0) is 17.6. The largest absolute Gasteiger partial charge is 0.384 e. The molecule has 1 aromatic heterocycles. The second-order valence-corrected chi connectivity index (χ2v) is 8.10. The van der Waals surface area contributed by atoms with Crippen LogP contribution in [0.3, 0.4) is 0 Å². The molecule has 1 aliphatic carbocycles. The lowest BCUT2D eigenvalue weighted by atomic mass is 9.86. The monoisotopic (exact) mass is 445 g/mol.